The molecule has 4 heteroatoms. The third-order valence-corrected chi connectivity index (χ3v) is 3.59. The second kappa shape index (κ2) is 3.35. The van der Waals surface area contributed by atoms with Gasteiger partial charge >= 0.3 is 0 Å². The van der Waals surface area contributed by atoms with Crippen molar-refractivity contribution in [3.63, 3.8) is 0 Å². The molecule has 3 aromatic rings. The number of rotatable bonds is 1. The molecule has 0 radical (unpaired) electrons. The van der Waals surface area contributed by atoms with Gasteiger partial charge < -0.3 is 5.73 Å². The first kappa shape index (κ1) is 9.42. The van der Waals surface area contributed by atoms with Gasteiger partial charge in [-0.05, 0) is 11.4 Å². The summed E-state index contributed by atoms with van der Waals surface area (Å²) in [7, 11) is 1.88. The number of aromatic nitrogens is 2. The van der Waals surface area contributed by atoms with Crippen molar-refractivity contribution in [2.45, 2.75) is 0 Å². The molecular formula is C12H11N3S. The standard InChI is InChI=1S/C12H11N3S/c1-15-6-9(12(13)14-15)10-7-16-11-5-3-2-4-8(10)11/h2-7H,1H3,(H2,13,14). The van der Waals surface area contributed by atoms with Gasteiger partial charge in [-0.2, -0.15) is 5.10 Å². The average molecular weight is 229 g/mol. The van der Waals surface area contributed by atoms with Crippen molar-refractivity contribution in [2.24, 2.45) is 7.05 Å². The maximum atomic E-state index is 5.90. The van der Waals surface area contributed by atoms with Gasteiger partial charge in [-0.25, -0.2) is 0 Å². The predicted molar refractivity (Wildman–Crippen MR) is 68.4 cm³/mol. The number of nitrogens with zero attached hydrogens (tertiary/aromatic N) is 2. The zero-order valence-electron chi connectivity index (χ0n) is 8.84. The van der Waals surface area contributed by atoms with Gasteiger partial charge in [0.05, 0.1) is 0 Å². The second-order valence-electron chi connectivity index (χ2n) is 3.75. The highest BCUT2D eigenvalue weighted by Crippen LogP contribution is 2.35. The van der Waals surface area contributed by atoms with Crippen molar-refractivity contribution in [3.8, 4) is 11.1 Å². The van der Waals surface area contributed by atoms with Gasteiger partial charge in [-0.1, -0.05) is 18.2 Å². The van der Waals surface area contributed by atoms with E-state index in [4.69, 9.17) is 5.73 Å². The molecule has 3 rings (SSSR count). The molecule has 2 heterocycles. The number of hydrogen-bond acceptors (Lipinski definition) is 3. The van der Waals surface area contributed by atoms with Crippen molar-refractivity contribution < 1.29 is 0 Å². The first-order chi connectivity index (χ1) is 7.75. The lowest BCUT2D eigenvalue weighted by Crippen LogP contribution is -1.90. The normalized spacial score (nSPS) is 11.1. The number of anilines is 1. The van der Waals surface area contributed by atoms with Crippen LogP contribution < -0.4 is 5.73 Å². The summed E-state index contributed by atoms with van der Waals surface area (Å²) in [6.45, 7) is 0. The summed E-state index contributed by atoms with van der Waals surface area (Å²) in [5.41, 5.74) is 8.08. The summed E-state index contributed by atoms with van der Waals surface area (Å²) < 4.78 is 3.03. The van der Waals surface area contributed by atoms with Crippen LogP contribution in [0.2, 0.25) is 0 Å². The van der Waals surface area contributed by atoms with Crippen molar-refractivity contribution in [3.05, 3.63) is 35.8 Å². The molecule has 1 aromatic carbocycles. The molecule has 0 spiro atoms. The number of fused-ring (bicyclic) bond motifs is 1. The molecule has 3 nitrogen and oxygen atoms in total. The van der Waals surface area contributed by atoms with E-state index in [0.29, 0.717) is 5.82 Å². The Kier molecular flexibility index (Phi) is 1.97. The minimum absolute atomic E-state index is 0.589. The molecule has 0 saturated heterocycles. The molecule has 0 aliphatic heterocycles. The quantitative estimate of drug-likeness (QED) is 0.697. The molecule has 0 atom stereocenters. The summed E-state index contributed by atoms with van der Waals surface area (Å²) in [5.74, 6) is 0.589. The van der Waals surface area contributed by atoms with Gasteiger partial charge in [-0.3, -0.25) is 4.68 Å². The molecule has 0 aliphatic carbocycles. The van der Waals surface area contributed by atoms with Gasteiger partial charge in [-0.15, -0.1) is 11.3 Å². The Balaban J connectivity index is 2.30. The van der Waals surface area contributed by atoms with E-state index in [1.54, 1.807) is 16.0 Å². The molecule has 16 heavy (non-hydrogen) atoms. The molecule has 2 N–H and O–H groups in total. The maximum absolute atomic E-state index is 5.90. The zero-order chi connectivity index (χ0) is 11.1. The summed E-state index contributed by atoms with van der Waals surface area (Å²) in [4.78, 5) is 0. The Labute approximate surface area is 97.1 Å². The zero-order valence-corrected chi connectivity index (χ0v) is 9.66. The smallest absolute Gasteiger partial charge is 0.153 e. The SMILES string of the molecule is Cn1cc(-c2csc3ccccc23)c(N)n1. The van der Waals surface area contributed by atoms with E-state index in [0.717, 1.165) is 5.56 Å². The molecule has 0 unspecified atom stereocenters. The minimum atomic E-state index is 0.589. The van der Waals surface area contributed by atoms with Gasteiger partial charge in [0.25, 0.3) is 0 Å². The molecule has 0 amide bonds. The molecular weight excluding hydrogens is 218 g/mol. The van der Waals surface area contributed by atoms with E-state index in [-0.39, 0.29) is 0 Å². The molecule has 0 bridgehead atoms. The van der Waals surface area contributed by atoms with E-state index >= 15 is 0 Å². The van der Waals surface area contributed by atoms with Crippen LogP contribution in [0, 0.1) is 0 Å². The number of hydrogen-bond donors (Lipinski definition) is 1. The predicted octanol–water partition coefficient (Wildman–Crippen LogP) is 2.88. The van der Waals surface area contributed by atoms with Gasteiger partial charge in [0.15, 0.2) is 5.82 Å². The van der Waals surface area contributed by atoms with Crippen LogP contribution in [0.4, 0.5) is 5.82 Å². The van der Waals surface area contributed by atoms with Crippen molar-refractivity contribution in [1.29, 1.82) is 0 Å². The third kappa shape index (κ3) is 1.31. The second-order valence-corrected chi connectivity index (χ2v) is 4.66. The highest BCUT2D eigenvalue weighted by Gasteiger charge is 2.11. The monoisotopic (exact) mass is 229 g/mol. The van der Waals surface area contributed by atoms with E-state index in [1.165, 1.54) is 15.6 Å². The first-order valence-corrected chi connectivity index (χ1v) is 5.89. The number of thiophene rings is 1. The summed E-state index contributed by atoms with van der Waals surface area (Å²) in [6, 6.07) is 8.34. The van der Waals surface area contributed by atoms with Crippen LogP contribution in [-0.4, -0.2) is 9.78 Å². The van der Waals surface area contributed by atoms with Crippen molar-refractivity contribution in [1.82, 2.24) is 9.78 Å². The lowest BCUT2D eigenvalue weighted by molar-refractivity contribution is 0.772. The van der Waals surface area contributed by atoms with Gasteiger partial charge in [0.1, 0.15) is 0 Å². The molecule has 2 aromatic heterocycles. The Bertz CT molecular complexity index is 651. The van der Waals surface area contributed by atoms with Gasteiger partial charge in [0.2, 0.25) is 0 Å². The lowest BCUT2D eigenvalue weighted by atomic mass is 10.1. The van der Waals surface area contributed by atoms with E-state index in [2.05, 4.69) is 28.7 Å². The molecule has 0 saturated carbocycles. The highest BCUT2D eigenvalue weighted by molar-refractivity contribution is 7.17. The fourth-order valence-electron chi connectivity index (χ4n) is 1.90. The summed E-state index contributed by atoms with van der Waals surface area (Å²) in [5, 5.41) is 7.55. The van der Waals surface area contributed by atoms with Crippen molar-refractivity contribution >= 4 is 27.2 Å². The van der Waals surface area contributed by atoms with Crippen LogP contribution >= 0.6 is 11.3 Å². The van der Waals surface area contributed by atoms with Crippen LogP contribution in [0.1, 0.15) is 0 Å². The lowest BCUT2D eigenvalue weighted by Gasteiger charge is -1.95. The Hall–Kier alpha value is -1.81. The van der Waals surface area contributed by atoms with Gasteiger partial charge in [0, 0.05) is 34.5 Å². The number of aryl methyl sites for hydroxylation is 1. The van der Waals surface area contributed by atoms with E-state index < -0.39 is 0 Å². The summed E-state index contributed by atoms with van der Waals surface area (Å²) in [6.07, 6.45) is 1.96. The average Bonchev–Trinajstić information content (AvgIpc) is 2.81. The number of nitrogen functional groups attached to an aromatic ring is 1. The van der Waals surface area contributed by atoms with Crippen LogP contribution in [-0.2, 0) is 7.05 Å². The number of benzene rings is 1. The Morgan fingerprint density at radius 1 is 1.25 bits per heavy atom. The maximum Gasteiger partial charge on any atom is 0.153 e. The first-order valence-electron chi connectivity index (χ1n) is 5.01. The third-order valence-electron chi connectivity index (χ3n) is 2.63. The van der Waals surface area contributed by atoms with Crippen LogP contribution in [0.5, 0.6) is 0 Å². The fraction of sp³-hybridized carbons (Fsp3) is 0.0833. The van der Waals surface area contributed by atoms with Crippen LogP contribution in [0.3, 0.4) is 0 Å². The Morgan fingerprint density at radius 3 is 2.81 bits per heavy atom. The largest absolute Gasteiger partial charge is 0.382 e. The topological polar surface area (TPSA) is 43.8 Å². The highest BCUT2D eigenvalue weighted by atomic mass is 32.1. The number of nitrogens with two attached hydrogens (primary N) is 1. The molecule has 80 valence electrons. The van der Waals surface area contributed by atoms with E-state index in [9.17, 15) is 0 Å². The summed E-state index contributed by atoms with van der Waals surface area (Å²) >= 11 is 1.73. The van der Waals surface area contributed by atoms with Crippen LogP contribution in [0.15, 0.2) is 35.8 Å². The molecule has 0 aliphatic rings. The minimum Gasteiger partial charge on any atom is -0.382 e. The van der Waals surface area contributed by atoms with Crippen molar-refractivity contribution in [2.75, 3.05) is 5.73 Å². The van der Waals surface area contributed by atoms with Crippen LogP contribution in [0.25, 0.3) is 21.2 Å². The molecule has 0 fully saturated rings. The Morgan fingerprint density at radius 2 is 2.06 bits per heavy atom. The fourth-order valence-corrected chi connectivity index (χ4v) is 2.86. The van der Waals surface area contributed by atoms with E-state index in [1.807, 2.05) is 19.3 Å².